The van der Waals surface area contributed by atoms with Crippen molar-refractivity contribution in [3.05, 3.63) is 16.1 Å². The van der Waals surface area contributed by atoms with Crippen molar-refractivity contribution in [2.45, 2.75) is 53.0 Å². The molecule has 1 aromatic rings. The van der Waals surface area contributed by atoms with E-state index >= 15 is 0 Å². The molecule has 2 rings (SSSR count). The molecule has 1 fully saturated rings. The van der Waals surface area contributed by atoms with Gasteiger partial charge in [-0.3, -0.25) is 0 Å². The van der Waals surface area contributed by atoms with E-state index in [0.29, 0.717) is 12.0 Å². The minimum Gasteiger partial charge on any atom is -0.357 e. The summed E-state index contributed by atoms with van der Waals surface area (Å²) in [5, 5.41) is 7.90. The third kappa shape index (κ3) is 5.39. The molecule has 0 bridgehead atoms. The Kier molecular flexibility index (Phi) is 7.94. The molecule has 120 valence electrons. The lowest BCUT2D eigenvalue weighted by Crippen LogP contribution is -2.46. The Balaban J connectivity index is 0.00000220. The summed E-state index contributed by atoms with van der Waals surface area (Å²) in [6.45, 7) is 9.06. The maximum atomic E-state index is 4.64. The first-order valence-electron chi connectivity index (χ1n) is 7.61. The first kappa shape index (κ1) is 18.7. The van der Waals surface area contributed by atoms with Crippen LogP contribution in [-0.4, -0.2) is 24.0 Å². The number of guanidine groups is 1. The van der Waals surface area contributed by atoms with E-state index in [9.17, 15) is 0 Å². The van der Waals surface area contributed by atoms with Gasteiger partial charge in [0.2, 0.25) is 0 Å². The Morgan fingerprint density at radius 3 is 2.62 bits per heavy atom. The molecular weight excluding hydrogens is 395 g/mol. The Morgan fingerprint density at radius 2 is 2.14 bits per heavy atom. The van der Waals surface area contributed by atoms with Gasteiger partial charge in [0.1, 0.15) is 5.01 Å². The lowest BCUT2D eigenvalue weighted by molar-refractivity contribution is 0.131. The molecule has 1 saturated carbocycles. The number of thiazole rings is 1. The molecular formula is C15H27IN4S. The molecule has 21 heavy (non-hydrogen) atoms. The lowest BCUT2D eigenvalue weighted by atomic mass is 9.67. The van der Waals surface area contributed by atoms with Crippen LogP contribution in [0.4, 0.5) is 0 Å². The van der Waals surface area contributed by atoms with Crippen LogP contribution >= 0.6 is 35.3 Å². The van der Waals surface area contributed by atoms with Gasteiger partial charge in [0.15, 0.2) is 5.96 Å². The van der Waals surface area contributed by atoms with E-state index in [1.807, 2.05) is 6.20 Å². The number of rotatable bonds is 6. The van der Waals surface area contributed by atoms with Gasteiger partial charge in [-0.25, -0.2) is 9.98 Å². The number of nitrogens with zero attached hydrogens (tertiary/aromatic N) is 2. The van der Waals surface area contributed by atoms with Crippen LogP contribution in [0.25, 0.3) is 0 Å². The minimum absolute atomic E-state index is 0. The molecule has 0 saturated heterocycles. The average Bonchev–Trinajstić information content (AvgIpc) is 2.81. The molecule has 6 heteroatoms. The average molecular weight is 422 g/mol. The van der Waals surface area contributed by atoms with Gasteiger partial charge < -0.3 is 10.6 Å². The molecule has 1 aromatic heterocycles. The highest BCUT2D eigenvalue weighted by Crippen LogP contribution is 2.42. The molecule has 0 unspecified atom stereocenters. The van der Waals surface area contributed by atoms with E-state index in [-0.39, 0.29) is 24.0 Å². The fourth-order valence-electron chi connectivity index (χ4n) is 2.57. The molecule has 0 aromatic carbocycles. The van der Waals surface area contributed by atoms with Crippen LogP contribution in [0.3, 0.4) is 0 Å². The summed E-state index contributed by atoms with van der Waals surface area (Å²) in [6.07, 6.45) is 7.24. The lowest BCUT2D eigenvalue weighted by Gasteiger charge is -2.41. The predicted molar refractivity (Wildman–Crippen MR) is 102 cm³/mol. The van der Waals surface area contributed by atoms with Crippen molar-refractivity contribution in [2.75, 3.05) is 13.1 Å². The van der Waals surface area contributed by atoms with E-state index in [1.165, 1.54) is 30.6 Å². The summed E-state index contributed by atoms with van der Waals surface area (Å²) in [4.78, 5) is 10.2. The van der Waals surface area contributed by atoms with Gasteiger partial charge in [-0.1, -0.05) is 13.3 Å². The topological polar surface area (TPSA) is 49.3 Å². The molecule has 0 amide bonds. The molecule has 0 aliphatic heterocycles. The Labute approximate surface area is 149 Å². The molecule has 1 aliphatic carbocycles. The first-order chi connectivity index (χ1) is 9.67. The number of aromatic nitrogens is 1. The second kappa shape index (κ2) is 8.92. The second-order valence-electron chi connectivity index (χ2n) is 5.62. The van der Waals surface area contributed by atoms with E-state index in [1.54, 1.807) is 11.3 Å². The Morgan fingerprint density at radius 1 is 1.38 bits per heavy atom. The van der Waals surface area contributed by atoms with E-state index in [2.05, 4.69) is 41.4 Å². The zero-order chi connectivity index (χ0) is 14.4. The van der Waals surface area contributed by atoms with E-state index in [0.717, 1.165) is 24.1 Å². The maximum absolute atomic E-state index is 4.64. The largest absolute Gasteiger partial charge is 0.357 e. The highest BCUT2D eigenvalue weighted by molar-refractivity contribution is 14.0. The highest BCUT2D eigenvalue weighted by Gasteiger charge is 2.34. The zero-order valence-corrected chi connectivity index (χ0v) is 16.4. The van der Waals surface area contributed by atoms with Gasteiger partial charge in [0, 0.05) is 24.2 Å². The normalized spacial score (nSPS) is 16.8. The van der Waals surface area contributed by atoms with Gasteiger partial charge in [0.05, 0.1) is 6.54 Å². The summed E-state index contributed by atoms with van der Waals surface area (Å²) in [6, 6.07) is 0. The van der Waals surface area contributed by atoms with Crippen molar-refractivity contribution in [1.82, 2.24) is 15.6 Å². The Hall–Kier alpha value is -0.370. The number of aryl methyl sites for hydroxylation is 1. The third-order valence-electron chi connectivity index (χ3n) is 4.18. The summed E-state index contributed by atoms with van der Waals surface area (Å²) in [5.74, 6) is 0.917. The van der Waals surface area contributed by atoms with Crippen LogP contribution in [0.5, 0.6) is 0 Å². The zero-order valence-electron chi connectivity index (χ0n) is 13.2. The number of hydrogen-bond donors (Lipinski definition) is 2. The molecule has 0 spiro atoms. The number of aliphatic imine (C=N–C) groups is 1. The number of halogens is 1. The standard InChI is InChI=1S/C15H26N4S.HI/c1-4-15(7-6-8-15)11-19-14(16-5-2)18-10-13-17-9-12(3)20-13;/h9H,4-8,10-11H2,1-3H3,(H2,16,18,19);1H. The van der Waals surface area contributed by atoms with Crippen LogP contribution in [0, 0.1) is 12.3 Å². The summed E-state index contributed by atoms with van der Waals surface area (Å²) >= 11 is 1.72. The van der Waals surface area contributed by atoms with Crippen molar-refractivity contribution in [3.8, 4) is 0 Å². The fraction of sp³-hybridized carbons (Fsp3) is 0.733. The monoisotopic (exact) mass is 422 g/mol. The molecule has 0 atom stereocenters. The van der Waals surface area contributed by atoms with Crippen LogP contribution in [0.2, 0.25) is 0 Å². The smallest absolute Gasteiger partial charge is 0.191 e. The molecule has 4 nitrogen and oxygen atoms in total. The van der Waals surface area contributed by atoms with Crippen molar-refractivity contribution in [2.24, 2.45) is 10.4 Å². The summed E-state index contributed by atoms with van der Waals surface area (Å²) < 4.78 is 0. The van der Waals surface area contributed by atoms with Crippen LogP contribution in [0.1, 0.15) is 49.4 Å². The minimum atomic E-state index is 0. The van der Waals surface area contributed by atoms with Crippen molar-refractivity contribution < 1.29 is 0 Å². The van der Waals surface area contributed by atoms with Crippen molar-refractivity contribution in [3.63, 3.8) is 0 Å². The van der Waals surface area contributed by atoms with Gasteiger partial charge in [0.25, 0.3) is 0 Å². The van der Waals surface area contributed by atoms with Crippen molar-refractivity contribution in [1.29, 1.82) is 0 Å². The SMILES string of the molecule is CCNC(=NCc1ncc(C)s1)NCC1(CC)CCC1.I. The van der Waals surface area contributed by atoms with Crippen LogP contribution < -0.4 is 10.6 Å². The molecule has 1 heterocycles. The van der Waals surface area contributed by atoms with Gasteiger partial charge >= 0.3 is 0 Å². The Bertz CT molecular complexity index is 449. The summed E-state index contributed by atoms with van der Waals surface area (Å²) in [5.41, 5.74) is 0.508. The highest BCUT2D eigenvalue weighted by atomic mass is 127. The first-order valence-corrected chi connectivity index (χ1v) is 8.42. The second-order valence-corrected chi connectivity index (χ2v) is 6.94. The number of hydrogen-bond acceptors (Lipinski definition) is 3. The predicted octanol–water partition coefficient (Wildman–Crippen LogP) is 3.70. The maximum Gasteiger partial charge on any atom is 0.191 e. The van der Waals surface area contributed by atoms with Gasteiger partial charge in [-0.15, -0.1) is 35.3 Å². The van der Waals surface area contributed by atoms with Crippen LogP contribution in [0.15, 0.2) is 11.2 Å². The van der Waals surface area contributed by atoms with Gasteiger partial charge in [-0.05, 0) is 38.5 Å². The van der Waals surface area contributed by atoms with E-state index in [4.69, 9.17) is 0 Å². The quantitative estimate of drug-likeness (QED) is 0.418. The molecule has 0 radical (unpaired) electrons. The summed E-state index contributed by atoms with van der Waals surface area (Å²) in [7, 11) is 0. The fourth-order valence-corrected chi connectivity index (χ4v) is 3.28. The van der Waals surface area contributed by atoms with Gasteiger partial charge in [-0.2, -0.15) is 0 Å². The van der Waals surface area contributed by atoms with Crippen molar-refractivity contribution >= 4 is 41.3 Å². The van der Waals surface area contributed by atoms with Crippen LogP contribution in [-0.2, 0) is 6.54 Å². The van der Waals surface area contributed by atoms with E-state index < -0.39 is 0 Å². The number of nitrogens with one attached hydrogen (secondary N) is 2. The third-order valence-corrected chi connectivity index (χ3v) is 5.08. The molecule has 2 N–H and O–H groups in total. The molecule has 1 aliphatic rings.